The lowest BCUT2D eigenvalue weighted by atomic mass is 10.0. The average Bonchev–Trinajstić information content (AvgIpc) is 3.00. The Morgan fingerprint density at radius 3 is 2.62 bits per heavy atom. The molecule has 0 fully saturated rings. The van der Waals surface area contributed by atoms with Gasteiger partial charge in [0, 0.05) is 11.3 Å². The first kappa shape index (κ1) is 16.4. The molecule has 0 saturated heterocycles. The summed E-state index contributed by atoms with van der Waals surface area (Å²) in [4.78, 5) is 29.3. The number of nitrogens with one attached hydrogen (secondary N) is 1. The van der Waals surface area contributed by atoms with Gasteiger partial charge in [0.15, 0.2) is 0 Å². The highest BCUT2D eigenvalue weighted by Crippen LogP contribution is 2.18. The van der Waals surface area contributed by atoms with Crippen LogP contribution in [0, 0.1) is 6.92 Å². The zero-order valence-electron chi connectivity index (χ0n) is 14.4. The van der Waals surface area contributed by atoms with Gasteiger partial charge in [-0.3, -0.25) is 14.2 Å². The van der Waals surface area contributed by atoms with Gasteiger partial charge in [0.2, 0.25) is 5.91 Å². The third-order valence-corrected chi connectivity index (χ3v) is 4.54. The number of anilines is 1. The molecular weight excluding hydrogens is 302 g/mol. The van der Waals surface area contributed by atoms with E-state index in [-0.39, 0.29) is 18.0 Å². The van der Waals surface area contributed by atoms with Crippen LogP contribution in [0.15, 0.2) is 29.1 Å². The Kier molecular flexibility index (Phi) is 4.51. The fourth-order valence-electron chi connectivity index (χ4n) is 3.13. The topological polar surface area (TPSA) is 64.0 Å². The molecule has 0 aliphatic heterocycles. The van der Waals surface area contributed by atoms with Crippen molar-refractivity contribution in [2.75, 3.05) is 5.32 Å². The molecule has 1 heterocycles. The Balaban J connectivity index is 1.75. The van der Waals surface area contributed by atoms with E-state index >= 15 is 0 Å². The highest BCUT2D eigenvalue weighted by atomic mass is 16.2. The Bertz CT molecular complexity index is 820. The largest absolute Gasteiger partial charge is 0.325 e. The second kappa shape index (κ2) is 6.59. The summed E-state index contributed by atoms with van der Waals surface area (Å²) in [5.74, 6) is 0.844. The number of aryl methyl sites for hydroxylation is 2. The minimum Gasteiger partial charge on any atom is -0.325 e. The number of fused-ring (bicyclic) bond motifs is 1. The molecule has 24 heavy (non-hydrogen) atoms. The van der Waals surface area contributed by atoms with Gasteiger partial charge < -0.3 is 5.32 Å². The van der Waals surface area contributed by atoms with Crippen molar-refractivity contribution >= 4 is 11.6 Å². The van der Waals surface area contributed by atoms with Crippen molar-refractivity contribution < 1.29 is 4.79 Å². The van der Waals surface area contributed by atoms with Crippen LogP contribution in [-0.4, -0.2) is 15.5 Å². The van der Waals surface area contributed by atoms with Gasteiger partial charge in [-0.2, -0.15) is 0 Å². The summed E-state index contributed by atoms with van der Waals surface area (Å²) in [5.41, 5.74) is 3.57. The predicted octanol–water partition coefficient (Wildman–Crippen LogP) is 2.80. The molecule has 1 aromatic heterocycles. The maximum absolute atomic E-state index is 12.5. The zero-order chi connectivity index (χ0) is 17.3. The molecule has 1 aliphatic rings. The van der Waals surface area contributed by atoms with Gasteiger partial charge in [-0.15, -0.1) is 0 Å². The van der Waals surface area contributed by atoms with Crippen LogP contribution in [0.25, 0.3) is 0 Å². The van der Waals surface area contributed by atoms with Crippen molar-refractivity contribution in [3.63, 3.8) is 0 Å². The standard InChI is InChI=1S/C19H23N3O2/c1-12(2)14-7-9-15(10-8-14)21-18(23)11-22-13(3)20-17-6-4-5-16(17)19(22)24/h7-10,12H,4-6,11H2,1-3H3,(H,21,23). The lowest BCUT2D eigenvalue weighted by Crippen LogP contribution is -2.32. The predicted molar refractivity (Wildman–Crippen MR) is 94.4 cm³/mol. The molecule has 2 aromatic rings. The van der Waals surface area contributed by atoms with E-state index in [1.807, 2.05) is 24.3 Å². The number of rotatable bonds is 4. The van der Waals surface area contributed by atoms with E-state index in [9.17, 15) is 9.59 Å². The molecule has 1 amide bonds. The number of amides is 1. The molecule has 3 rings (SSSR count). The van der Waals surface area contributed by atoms with Crippen LogP contribution in [0.1, 0.15) is 48.8 Å². The number of hydrogen-bond acceptors (Lipinski definition) is 3. The third-order valence-electron chi connectivity index (χ3n) is 4.54. The van der Waals surface area contributed by atoms with Gasteiger partial charge in [0.25, 0.3) is 5.56 Å². The molecule has 0 radical (unpaired) electrons. The van der Waals surface area contributed by atoms with E-state index in [0.717, 1.165) is 36.2 Å². The van der Waals surface area contributed by atoms with Crippen molar-refractivity contribution in [3.05, 3.63) is 57.3 Å². The highest BCUT2D eigenvalue weighted by molar-refractivity contribution is 5.90. The molecule has 1 N–H and O–H groups in total. The number of aromatic nitrogens is 2. The number of carbonyl (C=O) groups is 1. The molecule has 0 atom stereocenters. The van der Waals surface area contributed by atoms with Crippen LogP contribution in [0.4, 0.5) is 5.69 Å². The normalized spacial score (nSPS) is 13.2. The van der Waals surface area contributed by atoms with Crippen LogP contribution >= 0.6 is 0 Å². The van der Waals surface area contributed by atoms with Crippen molar-refractivity contribution in [1.29, 1.82) is 0 Å². The van der Waals surface area contributed by atoms with E-state index in [1.54, 1.807) is 6.92 Å². The smallest absolute Gasteiger partial charge is 0.257 e. The lowest BCUT2D eigenvalue weighted by molar-refractivity contribution is -0.116. The Morgan fingerprint density at radius 1 is 1.25 bits per heavy atom. The maximum atomic E-state index is 12.5. The van der Waals surface area contributed by atoms with Crippen molar-refractivity contribution in [2.24, 2.45) is 0 Å². The molecule has 0 unspecified atom stereocenters. The van der Waals surface area contributed by atoms with E-state index in [0.29, 0.717) is 11.7 Å². The van der Waals surface area contributed by atoms with Crippen LogP contribution < -0.4 is 10.9 Å². The molecular formula is C19H23N3O2. The van der Waals surface area contributed by atoms with Crippen LogP contribution in [-0.2, 0) is 24.2 Å². The summed E-state index contributed by atoms with van der Waals surface area (Å²) in [6.45, 7) is 6.04. The van der Waals surface area contributed by atoms with Crippen molar-refractivity contribution in [2.45, 2.75) is 52.5 Å². The molecule has 1 aromatic carbocycles. The Morgan fingerprint density at radius 2 is 1.96 bits per heavy atom. The van der Waals surface area contributed by atoms with Gasteiger partial charge in [-0.1, -0.05) is 26.0 Å². The van der Waals surface area contributed by atoms with Gasteiger partial charge in [0.05, 0.1) is 5.69 Å². The quantitative estimate of drug-likeness (QED) is 0.940. The number of carbonyl (C=O) groups excluding carboxylic acids is 1. The van der Waals surface area contributed by atoms with Crippen LogP contribution in [0.5, 0.6) is 0 Å². The zero-order valence-corrected chi connectivity index (χ0v) is 14.4. The molecule has 0 spiro atoms. The van der Waals surface area contributed by atoms with Crippen molar-refractivity contribution in [1.82, 2.24) is 9.55 Å². The van der Waals surface area contributed by atoms with E-state index < -0.39 is 0 Å². The first-order valence-corrected chi connectivity index (χ1v) is 8.44. The molecule has 5 nitrogen and oxygen atoms in total. The highest BCUT2D eigenvalue weighted by Gasteiger charge is 2.20. The summed E-state index contributed by atoms with van der Waals surface area (Å²) >= 11 is 0. The summed E-state index contributed by atoms with van der Waals surface area (Å²) in [6, 6.07) is 7.80. The summed E-state index contributed by atoms with van der Waals surface area (Å²) in [7, 11) is 0. The van der Waals surface area contributed by atoms with Gasteiger partial charge in [-0.05, 0) is 49.8 Å². The molecule has 5 heteroatoms. The Hall–Kier alpha value is -2.43. The SMILES string of the molecule is Cc1nc2c(c(=O)n1CC(=O)Nc1ccc(C(C)C)cc1)CCC2. The fraction of sp³-hybridized carbons (Fsp3) is 0.421. The van der Waals surface area contributed by atoms with E-state index in [1.165, 1.54) is 10.1 Å². The third kappa shape index (κ3) is 3.25. The molecule has 1 aliphatic carbocycles. The van der Waals surface area contributed by atoms with Gasteiger partial charge >= 0.3 is 0 Å². The van der Waals surface area contributed by atoms with Crippen LogP contribution in [0.2, 0.25) is 0 Å². The van der Waals surface area contributed by atoms with Gasteiger partial charge in [-0.25, -0.2) is 4.98 Å². The Labute approximate surface area is 141 Å². The maximum Gasteiger partial charge on any atom is 0.257 e. The number of nitrogens with zero attached hydrogens (tertiary/aromatic N) is 2. The first-order valence-electron chi connectivity index (χ1n) is 8.44. The summed E-state index contributed by atoms with van der Waals surface area (Å²) < 4.78 is 1.47. The number of benzene rings is 1. The summed E-state index contributed by atoms with van der Waals surface area (Å²) in [6.07, 6.45) is 2.59. The second-order valence-corrected chi connectivity index (χ2v) is 6.65. The van der Waals surface area contributed by atoms with Crippen molar-refractivity contribution in [3.8, 4) is 0 Å². The van der Waals surface area contributed by atoms with E-state index in [4.69, 9.17) is 0 Å². The second-order valence-electron chi connectivity index (χ2n) is 6.65. The fourth-order valence-corrected chi connectivity index (χ4v) is 3.13. The minimum atomic E-state index is -0.211. The monoisotopic (exact) mass is 325 g/mol. The van der Waals surface area contributed by atoms with E-state index in [2.05, 4.69) is 24.1 Å². The first-order chi connectivity index (χ1) is 11.5. The molecule has 0 saturated carbocycles. The number of hydrogen-bond donors (Lipinski definition) is 1. The van der Waals surface area contributed by atoms with Gasteiger partial charge in [0.1, 0.15) is 12.4 Å². The molecule has 126 valence electrons. The summed E-state index contributed by atoms with van der Waals surface area (Å²) in [5, 5.41) is 2.85. The minimum absolute atomic E-state index is 0.00310. The lowest BCUT2D eigenvalue weighted by Gasteiger charge is -2.12. The molecule has 0 bridgehead atoms. The van der Waals surface area contributed by atoms with Crippen LogP contribution in [0.3, 0.4) is 0 Å². The average molecular weight is 325 g/mol.